The molecule has 0 amide bonds. The van der Waals surface area contributed by atoms with Gasteiger partial charge in [0.25, 0.3) is 0 Å². The molecule has 106 valence electrons. The van der Waals surface area contributed by atoms with Gasteiger partial charge in [-0.15, -0.1) is 0 Å². The molecule has 0 saturated carbocycles. The lowest BCUT2D eigenvalue weighted by atomic mass is 10.00. The molecule has 1 heterocycles. The van der Waals surface area contributed by atoms with Crippen LogP contribution < -0.4 is 10.1 Å². The molecule has 4 nitrogen and oxygen atoms in total. The van der Waals surface area contributed by atoms with E-state index in [9.17, 15) is 0 Å². The largest absolute Gasteiger partial charge is 0.496 e. The molecule has 5 heteroatoms. The van der Waals surface area contributed by atoms with Gasteiger partial charge in [-0.05, 0) is 24.7 Å². The Labute approximate surface area is 122 Å². The molecule has 1 aromatic carbocycles. The molecular weight excluding hydrogens is 310 g/mol. The zero-order valence-electron chi connectivity index (χ0n) is 11.3. The van der Waals surface area contributed by atoms with Crippen molar-refractivity contribution < 1.29 is 14.2 Å². The van der Waals surface area contributed by atoms with Crippen LogP contribution in [0.2, 0.25) is 0 Å². The third-order valence-corrected chi connectivity index (χ3v) is 3.66. The van der Waals surface area contributed by atoms with Crippen molar-refractivity contribution in [2.45, 2.75) is 19.1 Å². The van der Waals surface area contributed by atoms with Crippen molar-refractivity contribution in [2.75, 3.05) is 33.5 Å². The normalized spacial score (nSPS) is 21.1. The van der Waals surface area contributed by atoms with Crippen molar-refractivity contribution in [3.8, 4) is 5.75 Å². The summed E-state index contributed by atoms with van der Waals surface area (Å²) in [6.07, 6.45) is 0.0110. The number of likely N-dealkylation sites (N-methyl/N-ethyl adjacent to an activating group) is 1. The molecule has 0 bridgehead atoms. The lowest BCUT2D eigenvalue weighted by molar-refractivity contribution is -0.102. The van der Waals surface area contributed by atoms with Crippen LogP contribution in [0.5, 0.6) is 5.75 Å². The molecular formula is C14H20BrNO3. The van der Waals surface area contributed by atoms with Crippen molar-refractivity contribution in [3.05, 3.63) is 28.2 Å². The van der Waals surface area contributed by atoms with Gasteiger partial charge in [0.05, 0.1) is 33.0 Å². The fourth-order valence-corrected chi connectivity index (χ4v) is 2.69. The standard InChI is InChI=1S/C14H20BrNO3/c1-3-16-14(13-9-18-6-7-19-13)11-8-10(15)4-5-12(11)17-2/h4-5,8,13-14,16H,3,6-7,9H2,1-2H3. The van der Waals surface area contributed by atoms with Crippen LogP contribution in [0.1, 0.15) is 18.5 Å². The molecule has 0 spiro atoms. The van der Waals surface area contributed by atoms with Gasteiger partial charge >= 0.3 is 0 Å². The first kappa shape index (κ1) is 14.8. The Kier molecular flexibility index (Phi) is 5.63. The highest BCUT2D eigenvalue weighted by Crippen LogP contribution is 2.32. The van der Waals surface area contributed by atoms with Crippen LogP contribution in [0.15, 0.2) is 22.7 Å². The van der Waals surface area contributed by atoms with Gasteiger partial charge in [-0.25, -0.2) is 0 Å². The Morgan fingerprint density at radius 3 is 2.95 bits per heavy atom. The molecule has 2 rings (SSSR count). The molecule has 0 radical (unpaired) electrons. The van der Waals surface area contributed by atoms with Crippen LogP contribution in [-0.4, -0.2) is 39.6 Å². The van der Waals surface area contributed by atoms with Crippen LogP contribution in [0.4, 0.5) is 0 Å². The molecule has 2 unspecified atom stereocenters. The van der Waals surface area contributed by atoms with Crippen LogP contribution in [0, 0.1) is 0 Å². The maximum absolute atomic E-state index is 5.83. The predicted molar refractivity (Wildman–Crippen MR) is 77.7 cm³/mol. The summed E-state index contributed by atoms with van der Waals surface area (Å²) in [7, 11) is 1.69. The summed E-state index contributed by atoms with van der Waals surface area (Å²) in [5.74, 6) is 0.864. The number of halogens is 1. The zero-order valence-corrected chi connectivity index (χ0v) is 12.9. The summed E-state index contributed by atoms with van der Waals surface area (Å²) in [6.45, 7) is 4.86. The van der Waals surface area contributed by atoms with E-state index < -0.39 is 0 Å². The number of hydrogen-bond acceptors (Lipinski definition) is 4. The zero-order chi connectivity index (χ0) is 13.7. The van der Waals surface area contributed by atoms with E-state index in [1.165, 1.54) is 0 Å². The minimum atomic E-state index is 0.0110. The first-order chi connectivity index (χ1) is 9.26. The molecule has 0 aromatic heterocycles. The first-order valence-corrected chi connectivity index (χ1v) is 7.31. The second-order valence-corrected chi connectivity index (χ2v) is 5.32. The van der Waals surface area contributed by atoms with Gasteiger partial charge in [-0.3, -0.25) is 0 Å². The van der Waals surface area contributed by atoms with Gasteiger partial charge in [0, 0.05) is 10.0 Å². The second kappa shape index (κ2) is 7.24. The summed E-state index contributed by atoms with van der Waals surface area (Å²) < 4.78 is 17.8. The summed E-state index contributed by atoms with van der Waals surface area (Å²) in [5.41, 5.74) is 1.09. The average Bonchev–Trinajstić information content (AvgIpc) is 2.45. The number of rotatable bonds is 5. The van der Waals surface area contributed by atoms with Gasteiger partial charge in [0.1, 0.15) is 11.9 Å². The van der Waals surface area contributed by atoms with Crippen molar-refractivity contribution in [2.24, 2.45) is 0 Å². The van der Waals surface area contributed by atoms with Gasteiger partial charge in [-0.1, -0.05) is 22.9 Å². The molecule has 1 saturated heterocycles. The quantitative estimate of drug-likeness (QED) is 0.901. The Balaban J connectivity index is 2.28. The minimum absolute atomic E-state index is 0.0110. The van der Waals surface area contributed by atoms with Crippen molar-refractivity contribution in [3.63, 3.8) is 0 Å². The number of ether oxygens (including phenoxy) is 3. The maximum atomic E-state index is 5.83. The highest BCUT2D eigenvalue weighted by molar-refractivity contribution is 9.10. The van der Waals surface area contributed by atoms with Crippen LogP contribution >= 0.6 is 15.9 Å². The van der Waals surface area contributed by atoms with Crippen molar-refractivity contribution in [1.29, 1.82) is 0 Å². The van der Waals surface area contributed by atoms with Gasteiger partial charge in [-0.2, -0.15) is 0 Å². The number of hydrogen-bond donors (Lipinski definition) is 1. The lowest BCUT2D eigenvalue weighted by Crippen LogP contribution is -2.40. The lowest BCUT2D eigenvalue weighted by Gasteiger charge is -2.32. The minimum Gasteiger partial charge on any atom is -0.496 e. The van der Waals surface area contributed by atoms with E-state index in [-0.39, 0.29) is 12.1 Å². The van der Waals surface area contributed by atoms with E-state index in [4.69, 9.17) is 14.2 Å². The Morgan fingerprint density at radius 1 is 1.47 bits per heavy atom. The summed E-state index contributed by atoms with van der Waals surface area (Å²) in [4.78, 5) is 0. The highest BCUT2D eigenvalue weighted by Gasteiger charge is 2.28. The molecule has 1 aliphatic heterocycles. The summed E-state index contributed by atoms with van der Waals surface area (Å²) in [5, 5.41) is 3.46. The smallest absolute Gasteiger partial charge is 0.123 e. The van der Waals surface area contributed by atoms with Crippen LogP contribution in [0.25, 0.3) is 0 Å². The predicted octanol–water partition coefficient (Wildman–Crippen LogP) is 2.52. The van der Waals surface area contributed by atoms with Gasteiger partial charge in [0.15, 0.2) is 0 Å². The SMILES string of the molecule is CCNC(c1cc(Br)ccc1OC)C1COCCO1. The van der Waals surface area contributed by atoms with Crippen molar-refractivity contribution in [1.82, 2.24) is 5.32 Å². The molecule has 1 fully saturated rings. The van der Waals surface area contributed by atoms with E-state index in [2.05, 4.69) is 34.2 Å². The molecule has 19 heavy (non-hydrogen) atoms. The van der Waals surface area contributed by atoms with E-state index in [0.717, 1.165) is 22.3 Å². The fourth-order valence-electron chi connectivity index (χ4n) is 2.31. The third-order valence-electron chi connectivity index (χ3n) is 3.16. The van der Waals surface area contributed by atoms with Crippen LogP contribution in [-0.2, 0) is 9.47 Å². The number of benzene rings is 1. The van der Waals surface area contributed by atoms with E-state index in [0.29, 0.717) is 19.8 Å². The second-order valence-electron chi connectivity index (χ2n) is 4.41. The molecule has 0 aliphatic carbocycles. The van der Waals surface area contributed by atoms with E-state index in [1.807, 2.05) is 12.1 Å². The summed E-state index contributed by atoms with van der Waals surface area (Å²) in [6, 6.07) is 6.08. The Bertz CT molecular complexity index is 408. The monoisotopic (exact) mass is 329 g/mol. The topological polar surface area (TPSA) is 39.7 Å². The molecule has 1 N–H and O–H groups in total. The van der Waals surface area contributed by atoms with E-state index >= 15 is 0 Å². The Hall–Kier alpha value is -0.620. The summed E-state index contributed by atoms with van der Waals surface area (Å²) >= 11 is 3.51. The molecule has 2 atom stereocenters. The van der Waals surface area contributed by atoms with Gasteiger partial charge < -0.3 is 19.5 Å². The molecule has 1 aromatic rings. The van der Waals surface area contributed by atoms with Crippen LogP contribution in [0.3, 0.4) is 0 Å². The number of methoxy groups -OCH3 is 1. The fraction of sp³-hybridized carbons (Fsp3) is 0.571. The highest BCUT2D eigenvalue weighted by atomic mass is 79.9. The average molecular weight is 330 g/mol. The third kappa shape index (κ3) is 3.69. The van der Waals surface area contributed by atoms with Crippen molar-refractivity contribution >= 4 is 15.9 Å². The molecule has 1 aliphatic rings. The van der Waals surface area contributed by atoms with Gasteiger partial charge in [0.2, 0.25) is 0 Å². The number of nitrogens with one attached hydrogen (secondary N) is 1. The maximum Gasteiger partial charge on any atom is 0.123 e. The van der Waals surface area contributed by atoms with E-state index in [1.54, 1.807) is 7.11 Å². The Morgan fingerprint density at radius 2 is 2.32 bits per heavy atom. The first-order valence-electron chi connectivity index (χ1n) is 6.52.